The normalized spacial score (nSPS) is 25.5. The maximum absolute atomic E-state index is 11.3. The molecule has 1 saturated heterocycles. The van der Waals surface area contributed by atoms with Crippen molar-refractivity contribution in [1.29, 1.82) is 0 Å². The summed E-state index contributed by atoms with van der Waals surface area (Å²) in [7, 11) is 4.15. The third kappa shape index (κ3) is 3.18. The predicted octanol–water partition coefficient (Wildman–Crippen LogP) is 0.276. The van der Waals surface area contributed by atoms with Crippen LogP contribution in [0.3, 0.4) is 0 Å². The number of hydrogen-bond acceptors (Lipinski definition) is 3. The summed E-state index contributed by atoms with van der Waals surface area (Å²) in [4.78, 5) is 15.7. The molecule has 0 aromatic heterocycles. The van der Waals surface area contributed by atoms with E-state index in [4.69, 9.17) is 5.73 Å². The first-order valence-corrected chi connectivity index (χ1v) is 5.76. The van der Waals surface area contributed by atoms with Crippen LogP contribution in [-0.4, -0.2) is 55.0 Å². The minimum atomic E-state index is -0.201. The smallest absolute Gasteiger partial charge is 0.234 e. The molecule has 1 aliphatic heterocycles. The number of piperidine rings is 1. The first kappa shape index (κ1) is 12.5. The molecule has 2 N–H and O–H groups in total. The Labute approximate surface area is 92.4 Å². The molecule has 2 atom stereocenters. The maximum atomic E-state index is 11.3. The Bertz CT molecular complexity index is 220. The average Bonchev–Trinajstić information content (AvgIpc) is 2.18. The second-order valence-corrected chi connectivity index (χ2v) is 4.55. The summed E-state index contributed by atoms with van der Waals surface area (Å²) in [6, 6.07) is 0.364. The van der Waals surface area contributed by atoms with Gasteiger partial charge in [0.05, 0.1) is 6.04 Å². The van der Waals surface area contributed by atoms with E-state index in [1.54, 1.807) is 0 Å². The van der Waals surface area contributed by atoms with Gasteiger partial charge in [0.25, 0.3) is 0 Å². The van der Waals surface area contributed by atoms with E-state index in [1.165, 1.54) is 12.8 Å². The molecule has 0 aromatic carbocycles. The summed E-state index contributed by atoms with van der Waals surface area (Å²) in [6.07, 6.45) is 3.18. The van der Waals surface area contributed by atoms with Gasteiger partial charge in [0.2, 0.25) is 5.91 Å². The zero-order valence-electron chi connectivity index (χ0n) is 10.1. The van der Waals surface area contributed by atoms with Gasteiger partial charge in [-0.05, 0) is 39.9 Å². The predicted molar refractivity (Wildman–Crippen MR) is 61.6 cm³/mol. The minimum absolute atomic E-state index is 0.110. The van der Waals surface area contributed by atoms with E-state index in [-0.39, 0.29) is 11.9 Å². The van der Waals surface area contributed by atoms with Crippen LogP contribution in [0, 0.1) is 0 Å². The van der Waals surface area contributed by atoms with Crippen LogP contribution in [0.2, 0.25) is 0 Å². The minimum Gasteiger partial charge on any atom is -0.368 e. The third-order valence-electron chi connectivity index (χ3n) is 3.38. The molecule has 0 aliphatic carbocycles. The summed E-state index contributed by atoms with van der Waals surface area (Å²) in [5, 5.41) is 0. The molecule has 1 aliphatic rings. The summed E-state index contributed by atoms with van der Waals surface area (Å²) in [5.41, 5.74) is 5.40. The van der Waals surface area contributed by atoms with Gasteiger partial charge in [-0.3, -0.25) is 9.69 Å². The van der Waals surface area contributed by atoms with Gasteiger partial charge >= 0.3 is 0 Å². The topological polar surface area (TPSA) is 49.6 Å². The van der Waals surface area contributed by atoms with Crippen molar-refractivity contribution in [2.75, 3.05) is 27.2 Å². The molecular formula is C11H23N3O. The van der Waals surface area contributed by atoms with Gasteiger partial charge in [0.1, 0.15) is 0 Å². The van der Waals surface area contributed by atoms with Crippen LogP contribution in [0.1, 0.15) is 26.2 Å². The van der Waals surface area contributed by atoms with Gasteiger partial charge in [-0.1, -0.05) is 6.92 Å². The first-order chi connectivity index (χ1) is 7.06. The number of primary amides is 1. The monoisotopic (exact) mass is 213 g/mol. The number of rotatable bonds is 4. The van der Waals surface area contributed by atoms with E-state index < -0.39 is 0 Å². The SMILES string of the molecule is CCC(C(N)=O)N(C)C1CCCN(C)C1. The van der Waals surface area contributed by atoms with E-state index in [2.05, 4.69) is 16.8 Å². The second-order valence-electron chi connectivity index (χ2n) is 4.55. The van der Waals surface area contributed by atoms with Crippen molar-refractivity contribution < 1.29 is 4.79 Å². The standard InChI is InChI=1S/C11H23N3O/c1-4-10(11(12)15)14(3)9-6-5-7-13(2)8-9/h9-10H,4-8H2,1-3H3,(H2,12,15). The molecule has 2 unspecified atom stereocenters. The van der Waals surface area contributed by atoms with Crippen LogP contribution in [-0.2, 0) is 4.79 Å². The number of carbonyl (C=O) groups is 1. The second kappa shape index (κ2) is 5.47. The van der Waals surface area contributed by atoms with E-state index in [1.807, 2.05) is 14.0 Å². The summed E-state index contributed by atoms with van der Waals surface area (Å²) < 4.78 is 0. The molecular weight excluding hydrogens is 190 g/mol. The van der Waals surface area contributed by atoms with E-state index in [0.29, 0.717) is 6.04 Å². The van der Waals surface area contributed by atoms with Crippen LogP contribution in [0.5, 0.6) is 0 Å². The average molecular weight is 213 g/mol. The molecule has 0 bridgehead atoms. The number of likely N-dealkylation sites (N-methyl/N-ethyl adjacent to an activating group) is 2. The quantitative estimate of drug-likeness (QED) is 0.729. The molecule has 1 heterocycles. The number of carbonyl (C=O) groups excluding carboxylic acids is 1. The summed E-state index contributed by atoms with van der Waals surface area (Å²) in [5.74, 6) is -0.201. The fraction of sp³-hybridized carbons (Fsp3) is 0.909. The van der Waals surface area contributed by atoms with Gasteiger partial charge in [-0.2, -0.15) is 0 Å². The molecule has 1 fully saturated rings. The Morgan fingerprint density at radius 3 is 2.80 bits per heavy atom. The van der Waals surface area contributed by atoms with Gasteiger partial charge in [0.15, 0.2) is 0 Å². The molecule has 0 aromatic rings. The molecule has 1 rings (SSSR count). The molecule has 4 heteroatoms. The molecule has 0 saturated carbocycles. The van der Waals surface area contributed by atoms with Gasteiger partial charge in [0, 0.05) is 12.6 Å². The number of nitrogens with two attached hydrogens (primary N) is 1. The summed E-state index contributed by atoms with van der Waals surface area (Å²) in [6.45, 7) is 4.22. The number of likely N-dealkylation sites (tertiary alicyclic amines) is 1. The largest absolute Gasteiger partial charge is 0.368 e. The lowest BCUT2D eigenvalue weighted by Crippen LogP contribution is -2.52. The van der Waals surface area contributed by atoms with E-state index in [0.717, 1.165) is 19.5 Å². The van der Waals surface area contributed by atoms with Crippen molar-refractivity contribution in [2.24, 2.45) is 5.73 Å². The lowest BCUT2D eigenvalue weighted by molar-refractivity contribution is -0.124. The Morgan fingerprint density at radius 1 is 1.67 bits per heavy atom. The van der Waals surface area contributed by atoms with Crippen molar-refractivity contribution in [1.82, 2.24) is 9.80 Å². The fourth-order valence-corrected chi connectivity index (χ4v) is 2.42. The molecule has 0 radical (unpaired) electrons. The van der Waals surface area contributed by atoms with Crippen LogP contribution < -0.4 is 5.73 Å². The highest BCUT2D eigenvalue weighted by atomic mass is 16.1. The lowest BCUT2D eigenvalue weighted by atomic mass is 10.0. The molecule has 4 nitrogen and oxygen atoms in total. The Morgan fingerprint density at radius 2 is 2.33 bits per heavy atom. The summed E-state index contributed by atoms with van der Waals surface area (Å²) >= 11 is 0. The van der Waals surface area contributed by atoms with E-state index >= 15 is 0 Å². The molecule has 15 heavy (non-hydrogen) atoms. The number of nitrogens with zero attached hydrogens (tertiary/aromatic N) is 2. The fourth-order valence-electron chi connectivity index (χ4n) is 2.42. The highest BCUT2D eigenvalue weighted by Crippen LogP contribution is 2.16. The van der Waals surface area contributed by atoms with Crippen LogP contribution in [0.15, 0.2) is 0 Å². The van der Waals surface area contributed by atoms with Crippen molar-refractivity contribution in [3.8, 4) is 0 Å². The Kier molecular flexibility index (Phi) is 4.54. The lowest BCUT2D eigenvalue weighted by Gasteiger charge is -2.38. The Balaban J connectivity index is 2.57. The zero-order chi connectivity index (χ0) is 11.4. The van der Waals surface area contributed by atoms with Gasteiger partial charge < -0.3 is 10.6 Å². The Hall–Kier alpha value is -0.610. The van der Waals surface area contributed by atoms with Gasteiger partial charge in [-0.15, -0.1) is 0 Å². The van der Waals surface area contributed by atoms with Crippen molar-refractivity contribution in [3.63, 3.8) is 0 Å². The van der Waals surface area contributed by atoms with Crippen LogP contribution in [0.4, 0.5) is 0 Å². The van der Waals surface area contributed by atoms with Crippen molar-refractivity contribution >= 4 is 5.91 Å². The molecule has 88 valence electrons. The number of amides is 1. The third-order valence-corrected chi connectivity index (χ3v) is 3.38. The molecule has 0 spiro atoms. The molecule has 1 amide bonds. The van der Waals surface area contributed by atoms with Gasteiger partial charge in [-0.25, -0.2) is 0 Å². The number of hydrogen-bond donors (Lipinski definition) is 1. The van der Waals surface area contributed by atoms with Crippen LogP contribution in [0.25, 0.3) is 0 Å². The first-order valence-electron chi connectivity index (χ1n) is 5.76. The van der Waals surface area contributed by atoms with Crippen molar-refractivity contribution in [3.05, 3.63) is 0 Å². The van der Waals surface area contributed by atoms with E-state index in [9.17, 15) is 4.79 Å². The highest BCUT2D eigenvalue weighted by molar-refractivity contribution is 5.79. The maximum Gasteiger partial charge on any atom is 0.234 e. The zero-order valence-corrected chi connectivity index (χ0v) is 10.1. The van der Waals surface area contributed by atoms with Crippen molar-refractivity contribution in [2.45, 2.75) is 38.3 Å². The highest BCUT2D eigenvalue weighted by Gasteiger charge is 2.28. The van der Waals surface area contributed by atoms with Crippen LogP contribution >= 0.6 is 0 Å².